The van der Waals surface area contributed by atoms with Crippen molar-refractivity contribution in [3.05, 3.63) is 60.0 Å². The van der Waals surface area contributed by atoms with E-state index >= 15 is 0 Å². The third-order valence-corrected chi connectivity index (χ3v) is 4.44. The maximum atomic E-state index is 12.6. The first-order valence-electron chi connectivity index (χ1n) is 8.20. The highest BCUT2D eigenvalue weighted by Crippen LogP contribution is 2.33. The molecular formula is C19H20N2O2. The summed E-state index contributed by atoms with van der Waals surface area (Å²) in [5.41, 5.74) is 3.75. The first kappa shape index (κ1) is 14.1. The van der Waals surface area contributed by atoms with Crippen LogP contribution in [-0.4, -0.2) is 17.0 Å². The molecule has 1 fully saturated rings. The number of hydrogen-bond donors (Lipinski definition) is 1. The van der Waals surface area contributed by atoms with Crippen LogP contribution in [0.2, 0.25) is 0 Å². The van der Waals surface area contributed by atoms with Crippen LogP contribution >= 0.6 is 0 Å². The van der Waals surface area contributed by atoms with Crippen molar-refractivity contribution in [1.82, 2.24) is 9.88 Å². The van der Waals surface area contributed by atoms with Crippen molar-refractivity contribution < 1.29 is 9.21 Å². The third-order valence-electron chi connectivity index (χ3n) is 4.44. The topological polar surface area (TPSA) is 47.2 Å². The smallest absolute Gasteiger partial charge is 0.268 e. The highest BCUT2D eigenvalue weighted by Gasteiger charge is 2.26. The number of nitrogens with zero attached hydrogens (tertiary/aromatic N) is 1. The van der Waals surface area contributed by atoms with Crippen molar-refractivity contribution in [2.75, 3.05) is 6.54 Å². The number of rotatable bonds is 6. The molecule has 2 heterocycles. The van der Waals surface area contributed by atoms with Gasteiger partial charge in [-0.2, -0.15) is 0 Å². The molecule has 1 N–H and O–H groups in total. The number of carbonyl (C=O) groups is 1. The molecule has 0 atom stereocenters. The largest absolute Gasteiger partial charge is 0.463 e. The lowest BCUT2D eigenvalue weighted by atomic mass is 10.1. The molecule has 1 amide bonds. The predicted octanol–water partition coefficient (Wildman–Crippen LogP) is 3.62. The highest BCUT2D eigenvalue weighted by atomic mass is 16.3. The molecule has 1 aliphatic rings. The highest BCUT2D eigenvalue weighted by molar-refractivity contribution is 5.97. The monoisotopic (exact) mass is 308 g/mol. The number of nitrogens with one attached hydrogen (secondary N) is 1. The van der Waals surface area contributed by atoms with Crippen molar-refractivity contribution in [3.63, 3.8) is 0 Å². The minimum Gasteiger partial charge on any atom is -0.463 e. The molecule has 0 unspecified atom stereocenters. The van der Waals surface area contributed by atoms with E-state index in [1.54, 1.807) is 6.26 Å². The Labute approximate surface area is 135 Å². The molecule has 0 spiro atoms. The fourth-order valence-electron chi connectivity index (χ4n) is 2.98. The summed E-state index contributed by atoms with van der Waals surface area (Å²) in [5.74, 6) is 0.685. The van der Waals surface area contributed by atoms with Gasteiger partial charge in [-0.15, -0.1) is 0 Å². The zero-order chi connectivity index (χ0) is 15.6. The number of aromatic nitrogens is 1. The van der Waals surface area contributed by atoms with Crippen molar-refractivity contribution in [2.45, 2.75) is 25.8 Å². The average molecular weight is 308 g/mol. The molecule has 1 saturated carbocycles. The minimum absolute atomic E-state index is 0.0204. The van der Waals surface area contributed by atoms with E-state index in [0.29, 0.717) is 18.2 Å². The number of fused-ring (bicyclic) bond motifs is 1. The van der Waals surface area contributed by atoms with Crippen molar-refractivity contribution in [2.24, 2.45) is 5.92 Å². The fraction of sp³-hybridized carbons (Fsp3) is 0.316. The van der Waals surface area contributed by atoms with Gasteiger partial charge in [-0.1, -0.05) is 30.3 Å². The summed E-state index contributed by atoms with van der Waals surface area (Å²) in [6.45, 7) is 1.54. The molecule has 4 rings (SSSR count). The van der Waals surface area contributed by atoms with Crippen LogP contribution in [0.4, 0.5) is 0 Å². The maximum Gasteiger partial charge on any atom is 0.268 e. The Morgan fingerprint density at radius 1 is 1.22 bits per heavy atom. The molecule has 4 heteroatoms. The van der Waals surface area contributed by atoms with Crippen LogP contribution in [0.3, 0.4) is 0 Å². The van der Waals surface area contributed by atoms with E-state index in [0.717, 1.165) is 24.1 Å². The molecule has 118 valence electrons. The van der Waals surface area contributed by atoms with E-state index in [1.165, 1.54) is 18.4 Å². The van der Waals surface area contributed by atoms with Crippen molar-refractivity contribution >= 4 is 17.0 Å². The summed E-state index contributed by atoms with van der Waals surface area (Å²) >= 11 is 0. The van der Waals surface area contributed by atoms with Crippen LogP contribution in [0, 0.1) is 5.92 Å². The van der Waals surface area contributed by atoms with E-state index in [2.05, 4.69) is 22.0 Å². The number of benzene rings is 1. The normalized spacial score (nSPS) is 14.3. The zero-order valence-electron chi connectivity index (χ0n) is 13.0. The summed E-state index contributed by atoms with van der Waals surface area (Å²) in [6.07, 6.45) is 5.04. The lowest BCUT2D eigenvalue weighted by Crippen LogP contribution is -2.28. The lowest BCUT2D eigenvalue weighted by Gasteiger charge is -2.10. The molecule has 2 aromatic heterocycles. The summed E-state index contributed by atoms with van der Waals surface area (Å²) in [6, 6.07) is 14.0. The van der Waals surface area contributed by atoms with Crippen molar-refractivity contribution in [3.8, 4) is 0 Å². The Balaban J connectivity index is 1.47. The Morgan fingerprint density at radius 3 is 2.83 bits per heavy atom. The summed E-state index contributed by atoms with van der Waals surface area (Å²) < 4.78 is 7.57. The molecule has 4 nitrogen and oxygen atoms in total. The zero-order valence-corrected chi connectivity index (χ0v) is 13.0. The van der Waals surface area contributed by atoms with Gasteiger partial charge in [-0.3, -0.25) is 4.79 Å². The lowest BCUT2D eigenvalue weighted by molar-refractivity contribution is 0.0945. The van der Waals surface area contributed by atoms with Crippen molar-refractivity contribution in [1.29, 1.82) is 0 Å². The van der Waals surface area contributed by atoms with Crippen LogP contribution in [-0.2, 0) is 13.0 Å². The molecule has 0 bridgehead atoms. The first-order chi connectivity index (χ1) is 11.3. The minimum atomic E-state index is -0.0204. The first-order valence-corrected chi connectivity index (χ1v) is 8.20. The second-order valence-corrected chi connectivity index (χ2v) is 6.25. The van der Waals surface area contributed by atoms with Crippen LogP contribution < -0.4 is 5.32 Å². The Bertz CT molecular complexity index is 812. The third kappa shape index (κ3) is 3.02. The molecule has 23 heavy (non-hydrogen) atoms. The van der Waals surface area contributed by atoms with Gasteiger partial charge >= 0.3 is 0 Å². The van der Waals surface area contributed by atoms with E-state index in [9.17, 15) is 4.79 Å². The number of furan rings is 1. The van der Waals surface area contributed by atoms with E-state index < -0.39 is 0 Å². The van der Waals surface area contributed by atoms with Crippen LogP contribution in [0.5, 0.6) is 0 Å². The van der Waals surface area contributed by atoms with Gasteiger partial charge in [-0.25, -0.2) is 0 Å². The van der Waals surface area contributed by atoms with Crippen LogP contribution in [0.15, 0.2) is 53.1 Å². The molecule has 0 aliphatic heterocycles. The molecule has 0 saturated heterocycles. The second kappa shape index (κ2) is 5.95. The van der Waals surface area contributed by atoms with Gasteiger partial charge in [0.1, 0.15) is 5.69 Å². The van der Waals surface area contributed by atoms with Gasteiger partial charge in [0.25, 0.3) is 5.91 Å². The summed E-state index contributed by atoms with van der Waals surface area (Å²) in [7, 11) is 0. The number of amides is 1. The van der Waals surface area contributed by atoms with Gasteiger partial charge in [0.15, 0.2) is 5.58 Å². The van der Waals surface area contributed by atoms with Gasteiger partial charge in [0, 0.05) is 25.2 Å². The predicted molar refractivity (Wildman–Crippen MR) is 89.4 cm³/mol. The maximum absolute atomic E-state index is 12.6. The van der Waals surface area contributed by atoms with Gasteiger partial charge in [0.2, 0.25) is 0 Å². The molecule has 1 aliphatic carbocycles. The van der Waals surface area contributed by atoms with Gasteiger partial charge in [-0.05, 0) is 30.7 Å². The Kier molecular flexibility index (Phi) is 3.66. The fourth-order valence-corrected chi connectivity index (χ4v) is 2.98. The molecular weight excluding hydrogens is 288 g/mol. The number of carbonyl (C=O) groups excluding carboxylic acids is 1. The SMILES string of the molecule is O=C(NCCc1ccccc1)c1cc2occc2n1CC1CC1. The Hall–Kier alpha value is -2.49. The van der Waals surface area contributed by atoms with Gasteiger partial charge in [0.05, 0.1) is 11.8 Å². The van der Waals surface area contributed by atoms with Crippen LogP contribution in [0.25, 0.3) is 11.1 Å². The summed E-state index contributed by atoms with van der Waals surface area (Å²) in [4.78, 5) is 12.6. The van der Waals surface area contributed by atoms with Gasteiger partial charge < -0.3 is 14.3 Å². The molecule has 3 aromatic rings. The summed E-state index contributed by atoms with van der Waals surface area (Å²) in [5, 5.41) is 3.03. The van der Waals surface area contributed by atoms with E-state index in [1.807, 2.05) is 30.3 Å². The quantitative estimate of drug-likeness (QED) is 0.756. The van der Waals surface area contributed by atoms with E-state index in [-0.39, 0.29) is 5.91 Å². The average Bonchev–Trinajstić information content (AvgIpc) is 3.15. The second-order valence-electron chi connectivity index (χ2n) is 6.25. The Morgan fingerprint density at radius 2 is 2.04 bits per heavy atom. The number of hydrogen-bond acceptors (Lipinski definition) is 2. The van der Waals surface area contributed by atoms with E-state index in [4.69, 9.17) is 4.42 Å². The molecule has 0 radical (unpaired) electrons. The van der Waals surface area contributed by atoms with Crippen LogP contribution in [0.1, 0.15) is 28.9 Å². The molecule has 1 aromatic carbocycles. The standard InChI is InChI=1S/C19H20N2O2/c22-19(20-10-8-14-4-2-1-3-5-14)17-12-18-16(9-11-23-18)21(17)13-15-6-7-15/h1-5,9,11-12,15H,6-8,10,13H2,(H,20,22).